The van der Waals surface area contributed by atoms with Crippen LogP contribution in [0.4, 0.5) is 5.69 Å². The van der Waals surface area contributed by atoms with E-state index in [4.69, 9.17) is 42.1 Å². The van der Waals surface area contributed by atoms with Crippen molar-refractivity contribution >= 4 is 46.9 Å². The van der Waals surface area contributed by atoms with E-state index in [9.17, 15) is 19.2 Å². The highest BCUT2D eigenvalue weighted by Crippen LogP contribution is 2.35. The van der Waals surface area contributed by atoms with Crippen LogP contribution in [-0.2, 0) is 39.2 Å². The topological polar surface area (TPSA) is 246 Å². The van der Waals surface area contributed by atoms with E-state index in [2.05, 4.69) is 30.4 Å². The number of nitrogens with one attached hydrogen (secondary N) is 1. The lowest BCUT2D eigenvalue weighted by atomic mass is 10.3. The molecule has 0 spiro atoms. The quantitative estimate of drug-likeness (QED) is 0.0644. The smallest absolute Gasteiger partial charge is 0.319 e. The summed E-state index contributed by atoms with van der Waals surface area (Å²) in [5.41, 5.74) is 6.18. The Balaban J connectivity index is 1.44. The van der Waals surface area contributed by atoms with Crippen molar-refractivity contribution in [3.05, 3.63) is 45.2 Å². The molecule has 49 heavy (non-hydrogen) atoms. The lowest BCUT2D eigenvalue weighted by Gasteiger charge is -2.18. The number of rotatable bonds is 18. The number of nitrogens with two attached hydrogens (primary N) is 2. The maximum Gasteiger partial charge on any atom is 0.319 e. The molecule has 4 rings (SSSR count). The maximum atomic E-state index is 13.6. The summed E-state index contributed by atoms with van der Waals surface area (Å²) in [5.74, 6) is 4.57. The van der Waals surface area contributed by atoms with Crippen LogP contribution in [0.15, 0.2) is 33.3 Å². The molecule has 0 radical (unpaired) electrons. The Bertz CT molecular complexity index is 1810. The molecule has 3 aromatic heterocycles. The van der Waals surface area contributed by atoms with Crippen molar-refractivity contribution in [2.45, 2.75) is 19.5 Å². The number of aryl methyl sites for hydroxylation is 1. The summed E-state index contributed by atoms with van der Waals surface area (Å²) in [5, 5.41) is 6.58. The maximum absolute atomic E-state index is 13.6. The molecule has 0 bridgehead atoms. The molecule has 1 aliphatic rings. The monoisotopic (exact) mass is 701 g/mol. The fraction of sp³-hybridized carbons (Fsp3) is 0.414. The molecule has 0 atom stereocenters. The predicted molar refractivity (Wildman–Crippen MR) is 177 cm³/mol. The van der Waals surface area contributed by atoms with Crippen LogP contribution in [0.1, 0.15) is 22.6 Å². The summed E-state index contributed by atoms with van der Waals surface area (Å²) < 4.78 is 23.9. The number of amides is 3. The zero-order chi connectivity index (χ0) is 35.5. The second-order valence-electron chi connectivity index (χ2n) is 10.4. The number of ether oxygens (including phenoxy) is 4. The fourth-order valence-corrected chi connectivity index (χ4v) is 4.97. The van der Waals surface area contributed by atoms with Gasteiger partial charge in [-0.15, -0.1) is 0 Å². The number of pyridine rings is 1. The van der Waals surface area contributed by atoms with Crippen molar-refractivity contribution < 1.29 is 33.3 Å². The first-order valence-electron chi connectivity index (χ1n) is 14.8. The molecule has 20 heteroatoms. The molecule has 4 heterocycles. The molecular formula is C29H36ClN11O8. The highest BCUT2D eigenvalue weighted by atomic mass is 35.5. The minimum absolute atomic E-state index is 0.0116. The number of hydrogen-bond donors (Lipinski definition) is 3. The minimum Gasteiger partial charge on any atom is -0.480 e. The zero-order valence-corrected chi connectivity index (χ0v) is 27.8. The Morgan fingerprint density at radius 2 is 1.90 bits per heavy atom. The number of hydrazone groups is 1. The van der Waals surface area contributed by atoms with Crippen molar-refractivity contribution in [2.24, 2.45) is 28.7 Å². The Morgan fingerprint density at radius 3 is 2.59 bits per heavy atom. The third kappa shape index (κ3) is 9.15. The minimum atomic E-state index is -0.598. The van der Waals surface area contributed by atoms with Crippen LogP contribution in [0.3, 0.4) is 0 Å². The molecule has 0 saturated heterocycles. The van der Waals surface area contributed by atoms with Crippen LogP contribution in [0.25, 0.3) is 11.4 Å². The molecule has 262 valence electrons. The first-order chi connectivity index (χ1) is 23.6. The number of imidazole rings is 1. The molecular weight excluding hydrogens is 666 g/mol. The van der Waals surface area contributed by atoms with Crippen LogP contribution < -0.4 is 36.8 Å². The molecule has 0 saturated carbocycles. The average Bonchev–Trinajstić information content (AvgIpc) is 3.60. The summed E-state index contributed by atoms with van der Waals surface area (Å²) in [6, 6.07) is 1.54. The van der Waals surface area contributed by atoms with Gasteiger partial charge in [-0.05, 0) is 12.5 Å². The van der Waals surface area contributed by atoms with Crippen LogP contribution >= 0.6 is 11.6 Å². The van der Waals surface area contributed by atoms with E-state index in [1.165, 1.54) is 48.4 Å². The van der Waals surface area contributed by atoms with E-state index < -0.39 is 17.7 Å². The number of aliphatic imine (C=N–C) groups is 1. The third-order valence-electron chi connectivity index (χ3n) is 6.99. The lowest BCUT2D eigenvalue weighted by Crippen LogP contribution is -2.33. The van der Waals surface area contributed by atoms with E-state index in [1.807, 2.05) is 4.57 Å². The van der Waals surface area contributed by atoms with Gasteiger partial charge in [0, 0.05) is 38.7 Å². The highest BCUT2D eigenvalue weighted by molar-refractivity contribution is 6.32. The van der Waals surface area contributed by atoms with Gasteiger partial charge in [0.15, 0.2) is 5.69 Å². The first-order valence-corrected chi connectivity index (χ1v) is 15.2. The largest absolute Gasteiger partial charge is 0.480 e. The second-order valence-corrected chi connectivity index (χ2v) is 10.8. The fourth-order valence-electron chi connectivity index (χ4n) is 4.72. The summed E-state index contributed by atoms with van der Waals surface area (Å²) >= 11 is 6.21. The van der Waals surface area contributed by atoms with Gasteiger partial charge >= 0.3 is 6.01 Å². The zero-order valence-electron chi connectivity index (χ0n) is 27.0. The number of carbonyl (C=O) groups excluding carboxylic acids is 3. The van der Waals surface area contributed by atoms with Gasteiger partial charge in [-0.25, -0.2) is 9.97 Å². The average molecular weight is 702 g/mol. The molecule has 0 unspecified atom stereocenters. The molecule has 3 aromatic rings. The van der Waals surface area contributed by atoms with E-state index >= 15 is 0 Å². The van der Waals surface area contributed by atoms with Crippen molar-refractivity contribution in [1.29, 1.82) is 0 Å². The van der Waals surface area contributed by atoms with Gasteiger partial charge in [-0.3, -0.25) is 29.1 Å². The van der Waals surface area contributed by atoms with Gasteiger partial charge in [0.2, 0.25) is 17.7 Å². The van der Waals surface area contributed by atoms with E-state index in [0.29, 0.717) is 47.3 Å². The van der Waals surface area contributed by atoms with Crippen LogP contribution in [-0.4, -0.2) is 107 Å². The lowest BCUT2D eigenvalue weighted by molar-refractivity contribution is -0.127. The van der Waals surface area contributed by atoms with Gasteiger partial charge in [0.05, 0.1) is 62.5 Å². The normalized spacial score (nSPS) is 12.9. The Morgan fingerprint density at radius 1 is 1.14 bits per heavy atom. The number of fused-ring (bicyclic) bond motifs is 1. The molecule has 1 aliphatic heterocycles. The van der Waals surface area contributed by atoms with Gasteiger partial charge < -0.3 is 45.0 Å². The van der Waals surface area contributed by atoms with Gasteiger partial charge in [0.1, 0.15) is 24.7 Å². The SMILES string of the molecule is COc1ncc(-c2nc3c(n2CCCN=C/C(CNC(=O)COCCOCC(N)=O)=N\N)CN(c2cc(Cl)cn(C)c2=O)C3=O)c(OC)n1. The van der Waals surface area contributed by atoms with Gasteiger partial charge in [-0.1, -0.05) is 11.6 Å². The Hall–Kier alpha value is -5.40. The summed E-state index contributed by atoms with van der Waals surface area (Å²) in [6.45, 7) is 0.494. The molecule has 5 N–H and O–H groups in total. The molecule has 3 amide bonds. The summed E-state index contributed by atoms with van der Waals surface area (Å²) in [6.07, 6.45) is 4.88. The number of methoxy groups -OCH3 is 2. The number of hydrogen-bond acceptors (Lipinski definition) is 14. The number of aromatic nitrogens is 5. The molecule has 0 aliphatic carbocycles. The van der Waals surface area contributed by atoms with Gasteiger partial charge in [0.25, 0.3) is 11.5 Å². The van der Waals surface area contributed by atoms with Crippen molar-refractivity contribution in [3.8, 4) is 23.3 Å². The number of carbonyl (C=O) groups is 3. The van der Waals surface area contributed by atoms with Crippen molar-refractivity contribution in [2.75, 3.05) is 58.6 Å². The van der Waals surface area contributed by atoms with Crippen LogP contribution in [0, 0.1) is 0 Å². The second kappa shape index (κ2) is 17.1. The van der Waals surface area contributed by atoms with Crippen LogP contribution in [0.5, 0.6) is 11.9 Å². The highest BCUT2D eigenvalue weighted by Gasteiger charge is 2.37. The van der Waals surface area contributed by atoms with Crippen LogP contribution in [0.2, 0.25) is 5.02 Å². The Kier molecular flexibility index (Phi) is 12.7. The molecule has 19 nitrogen and oxygen atoms in total. The predicted octanol–water partition coefficient (Wildman–Crippen LogP) is -0.720. The number of halogens is 1. The first kappa shape index (κ1) is 36.4. The Labute approximate surface area is 284 Å². The van der Waals surface area contributed by atoms with Crippen molar-refractivity contribution in [1.82, 2.24) is 29.4 Å². The summed E-state index contributed by atoms with van der Waals surface area (Å²) in [7, 11) is 4.42. The van der Waals surface area contributed by atoms with Gasteiger partial charge in [-0.2, -0.15) is 10.1 Å². The van der Waals surface area contributed by atoms with E-state index in [-0.39, 0.29) is 68.3 Å². The molecule has 0 aromatic carbocycles. The van der Waals surface area contributed by atoms with E-state index in [1.54, 1.807) is 7.05 Å². The third-order valence-corrected chi connectivity index (χ3v) is 7.20. The number of nitrogens with zero attached hydrogens (tertiary/aromatic N) is 8. The van der Waals surface area contributed by atoms with E-state index in [0.717, 1.165) is 0 Å². The molecule has 0 fully saturated rings. The summed E-state index contributed by atoms with van der Waals surface area (Å²) in [4.78, 5) is 68.0. The standard InChI is InChI=1S/C29H36ClN11O8/c1-39-13-17(30)9-20(27(39)44)41-14-21-24(28(41)45)36-25(19-12-35-29(47-3)37-26(19)46-2)40(21)6-4-5-33-10-18(38-32)11-34-23(43)16-49-8-7-48-15-22(31)42/h9-10,12-13H,4-8,11,14-16,32H2,1-3H3,(H2,31,42)(H,34,43)/b33-10?,38-18+. The number of anilines is 1. The van der Waals surface area contributed by atoms with Crippen molar-refractivity contribution in [3.63, 3.8) is 0 Å². The number of primary amides is 1.